The highest BCUT2D eigenvalue weighted by atomic mass is 16.2. The van der Waals surface area contributed by atoms with Crippen LogP contribution in [0.2, 0.25) is 0 Å². The lowest BCUT2D eigenvalue weighted by atomic mass is 10.1. The fourth-order valence-electron chi connectivity index (χ4n) is 3.53. The highest BCUT2D eigenvalue weighted by Crippen LogP contribution is 2.24. The lowest BCUT2D eigenvalue weighted by Crippen LogP contribution is -2.50. The SMILES string of the molecule is NCCCN(C(=O)N1CCCCC1)C1CCCCCC1. The molecule has 0 aromatic rings. The van der Waals surface area contributed by atoms with Gasteiger partial charge in [0.1, 0.15) is 0 Å². The molecule has 4 heteroatoms. The summed E-state index contributed by atoms with van der Waals surface area (Å²) in [5, 5.41) is 0. The van der Waals surface area contributed by atoms with Crippen molar-refractivity contribution in [2.45, 2.75) is 70.3 Å². The molecule has 1 saturated heterocycles. The van der Waals surface area contributed by atoms with Gasteiger partial charge in [-0.2, -0.15) is 0 Å². The number of carbonyl (C=O) groups excluding carboxylic acids is 1. The summed E-state index contributed by atoms with van der Waals surface area (Å²) in [4.78, 5) is 17.1. The van der Waals surface area contributed by atoms with Gasteiger partial charge in [0.25, 0.3) is 0 Å². The minimum Gasteiger partial charge on any atom is -0.330 e. The van der Waals surface area contributed by atoms with Gasteiger partial charge in [-0.25, -0.2) is 4.79 Å². The minimum absolute atomic E-state index is 0.282. The van der Waals surface area contributed by atoms with Gasteiger partial charge in [0.15, 0.2) is 0 Å². The summed E-state index contributed by atoms with van der Waals surface area (Å²) in [6, 6.07) is 0.739. The van der Waals surface area contributed by atoms with Crippen molar-refractivity contribution >= 4 is 6.03 Å². The fraction of sp³-hybridized carbons (Fsp3) is 0.938. The van der Waals surface area contributed by atoms with E-state index in [-0.39, 0.29) is 6.03 Å². The van der Waals surface area contributed by atoms with Crippen LogP contribution in [-0.4, -0.2) is 48.1 Å². The van der Waals surface area contributed by atoms with Crippen LogP contribution in [0.1, 0.15) is 64.2 Å². The highest BCUT2D eigenvalue weighted by molar-refractivity contribution is 5.75. The molecule has 20 heavy (non-hydrogen) atoms. The van der Waals surface area contributed by atoms with Gasteiger partial charge in [0.05, 0.1) is 0 Å². The smallest absolute Gasteiger partial charge is 0.320 e. The Morgan fingerprint density at radius 3 is 2.20 bits per heavy atom. The van der Waals surface area contributed by atoms with E-state index in [0.29, 0.717) is 12.6 Å². The molecule has 2 N–H and O–H groups in total. The van der Waals surface area contributed by atoms with Crippen molar-refractivity contribution in [3.05, 3.63) is 0 Å². The number of nitrogens with zero attached hydrogens (tertiary/aromatic N) is 2. The average molecular weight is 281 g/mol. The first-order chi connectivity index (χ1) is 9.83. The van der Waals surface area contributed by atoms with Crippen LogP contribution in [-0.2, 0) is 0 Å². The zero-order chi connectivity index (χ0) is 14.2. The van der Waals surface area contributed by atoms with Crippen molar-refractivity contribution in [3.8, 4) is 0 Å². The number of rotatable bonds is 4. The number of piperidine rings is 1. The average Bonchev–Trinajstić information content (AvgIpc) is 2.77. The molecule has 0 aromatic heterocycles. The molecule has 0 aromatic carbocycles. The number of urea groups is 1. The second-order valence-corrected chi connectivity index (χ2v) is 6.31. The van der Waals surface area contributed by atoms with Crippen molar-refractivity contribution < 1.29 is 4.79 Å². The Balaban J connectivity index is 1.98. The van der Waals surface area contributed by atoms with Gasteiger partial charge >= 0.3 is 6.03 Å². The third-order valence-corrected chi connectivity index (χ3v) is 4.74. The molecule has 2 rings (SSSR count). The normalized spacial score (nSPS) is 21.6. The second-order valence-electron chi connectivity index (χ2n) is 6.31. The Kier molecular flexibility index (Phi) is 6.64. The van der Waals surface area contributed by atoms with E-state index in [1.54, 1.807) is 0 Å². The summed E-state index contributed by atoms with van der Waals surface area (Å²) in [5.74, 6) is 0. The van der Waals surface area contributed by atoms with E-state index >= 15 is 0 Å². The maximum absolute atomic E-state index is 12.8. The van der Waals surface area contributed by atoms with Crippen LogP contribution in [0.3, 0.4) is 0 Å². The standard InChI is InChI=1S/C16H31N3O/c17-11-8-14-19(15-9-4-1-2-5-10-15)16(20)18-12-6-3-7-13-18/h15H,1-14,17H2. The monoisotopic (exact) mass is 281 g/mol. The largest absolute Gasteiger partial charge is 0.330 e. The van der Waals surface area contributed by atoms with Gasteiger partial charge in [-0.1, -0.05) is 25.7 Å². The Hall–Kier alpha value is -0.770. The number of nitrogens with two attached hydrogens (primary N) is 1. The first-order valence-corrected chi connectivity index (χ1v) is 8.58. The molecule has 0 unspecified atom stereocenters. The fourth-order valence-corrected chi connectivity index (χ4v) is 3.53. The van der Waals surface area contributed by atoms with E-state index in [0.717, 1.165) is 26.1 Å². The second kappa shape index (κ2) is 8.50. The van der Waals surface area contributed by atoms with Gasteiger partial charge in [0, 0.05) is 25.7 Å². The predicted octanol–water partition coefficient (Wildman–Crippen LogP) is 2.97. The number of hydrogen-bond donors (Lipinski definition) is 1. The first-order valence-electron chi connectivity index (χ1n) is 8.58. The van der Waals surface area contributed by atoms with Crippen molar-refractivity contribution in [3.63, 3.8) is 0 Å². The van der Waals surface area contributed by atoms with Gasteiger partial charge in [-0.15, -0.1) is 0 Å². The van der Waals surface area contributed by atoms with E-state index < -0.39 is 0 Å². The predicted molar refractivity (Wildman–Crippen MR) is 82.7 cm³/mol. The molecule has 1 saturated carbocycles. The van der Waals surface area contributed by atoms with E-state index in [2.05, 4.69) is 9.80 Å². The molecule has 0 spiro atoms. The third kappa shape index (κ3) is 4.37. The van der Waals surface area contributed by atoms with Crippen molar-refractivity contribution in [2.75, 3.05) is 26.2 Å². The molecular formula is C16H31N3O. The molecule has 2 fully saturated rings. The third-order valence-electron chi connectivity index (χ3n) is 4.74. The number of carbonyl (C=O) groups is 1. The molecule has 0 bridgehead atoms. The lowest BCUT2D eigenvalue weighted by molar-refractivity contribution is 0.119. The maximum Gasteiger partial charge on any atom is 0.320 e. The highest BCUT2D eigenvalue weighted by Gasteiger charge is 2.28. The first kappa shape index (κ1) is 15.6. The van der Waals surface area contributed by atoms with Crippen LogP contribution in [0.15, 0.2) is 0 Å². The van der Waals surface area contributed by atoms with E-state index in [9.17, 15) is 4.79 Å². The topological polar surface area (TPSA) is 49.6 Å². The molecule has 1 aliphatic carbocycles. The molecule has 0 atom stereocenters. The van der Waals surface area contributed by atoms with Gasteiger partial charge in [-0.3, -0.25) is 0 Å². The number of amides is 2. The van der Waals surface area contributed by atoms with Crippen LogP contribution in [0.25, 0.3) is 0 Å². The van der Waals surface area contributed by atoms with Crippen molar-refractivity contribution in [1.29, 1.82) is 0 Å². The van der Waals surface area contributed by atoms with Gasteiger partial charge < -0.3 is 15.5 Å². The van der Waals surface area contributed by atoms with Crippen LogP contribution in [0, 0.1) is 0 Å². The Bertz CT molecular complexity index is 281. The zero-order valence-corrected chi connectivity index (χ0v) is 12.9. The summed E-state index contributed by atoms with van der Waals surface area (Å²) in [5.41, 5.74) is 5.66. The Morgan fingerprint density at radius 1 is 1.00 bits per heavy atom. The molecule has 4 nitrogen and oxygen atoms in total. The summed E-state index contributed by atoms with van der Waals surface area (Å²) in [6.45, 7) is 3.42. The van der Waals surface area contributed by atoms with Crippen LogP contribution >= 0.6 is 0 Å². The molecule has 116 valence electrons. The van der Waals surface area contributed by atoms with Crippen LogP contribution in [0.4, 0.5) is 4.79 Å². The summed E-state index contributed by atoms with van der Waals surface area (Å²) >= 11 is 0. The molecular weight excluding hydrogens is 250 g/mol. The Labute approximate surface area is 123 Å². The van der Waals surface area contributed by atoms with Crippen LogP contribution in [0.5, 0.6) is 0 Å². The molecule has 2 aliphatic rings. The van der Waals surface area contributed by atoms with E-state index in [1.807, 2.05) is 0 Å². The lowest BCUT2D eigenvalue weighted by Gasteiger charge is -2.37. The van der Waals surface area contributed by atoms with E-state index in [4.69, 9.17) is 5.73 Å². The van der Waals surface area contributed by atoms with Crippen molar-refractivity contribution in [1.82, 2.24) is 9.80 Å². The summed E-state index contributed by atoms with van der Waals surface area (Å²) in [7, 11) is 0. The molecule has 1 aliphatic heterocycles. The van der Waals surface area contributed by atoms with Gasteiger partial charge in [0.2, 0.25) is 0 Å². The summed E-state index contributed by atoms with van der Waals surface area (Å²) in [6.07, 6.45) is 12.1. The number of likely N-dealkylation sites (tertiary alicyclic amines) is 1. The van der Waals surface area contributed by atoms with Crippen LogP contribution < -0.4 is 5.73 Å². The minimum atomic E-state index is 0.282. The summed E-state index contributed by atoms with van der Waals surface area (Å²) < 4.78 is 0. The quantitative estimate of drug-likeness (QED) is 0.805. The van der Waals surface area contributed by atoms with Gasteiger partial charge in [-0.05, 0) is 45.1 Å². The maximum atomic E-state index is 12.8. The molecule has 0 radical (unpaired) electrons. The van der Waals surface area contributed by atoms with Crippen molar-refractivity contribution in [2.24, 2.45) is 5.73 Å². The zero-order valence-electron chi connectivity index (χ0n) is 12.9. The Morgan fingerprint density at radius 2 is 1.60 bits per heavy atom. The van der Waals surface area contributed by atoms with E-state index in [1.165, 1.54) is 57.8 Å². The molecule has 1 heterocycles. The number of hydrogen-bond acceptors (Lipinski definition) is 2. The molecule has 2 amide bonds.